The van der Waals surface area contributed by atoms with E-state index in [0.717, 1.165) is 38.8 Å². The van der Waals surface area contributed by atoms with E-state index < -0.39 is 5.97 Å². The molecule has 1 amide bonds. The van der Waals surface area contributed by atoms with Gasteiger partial charge in [-0.3, -0.25) is 9.59 Å². The molecule has 4 N–H and O–H groups in total. The second-order valence-electron chi connectivity index (χ2n) is 11.5. The Bertz CT molecular complexity index is 684. The number of amides is 1. The van der Waals surface area contributed by atoms with Crippen LogP contribution in [0.15, 0.2) is 0 Å². The average molecular weight is 435 g/mol. The van der Waals surface area contributed by atoms with Crippen LogP contribution in [0.25, 0.3) is 0 Å². The third-order valence-corrected chi connectivity index (χ3v) is 10.2. The lowest BCUT2D eigenvalue weighted by Gasteiger charge is -2.62. The summed E-state index contributed by atoms with van der Waals surface area (Å²) in [6, 6.07) is 0. The Morgan fingerprint density at radius 1 is 1.06 bits per heavy atom. The van der Waals surface area contributed by atoms with E-state index >= 15 is 0 Å². The van der Waals surface area contributed by atoms with E-state index in [1.165, 1.54) is 32.1 Å². The molecule has 3 saturated carbocycles. The Morgan fingerprint density at radius 3 is 2.61 bits per heavy atom. The van der Waals surface area contributed by atoms with Crippen LogP contribution in [0.3, 0.4) is 0 Å². The van der Waals surface area contributed by atoms with Crippen LogP contribution in [0.2, 0.25) is 0 Å². The molecule has 3 aliphatic carbocycles. The number of carbonyl (C=O) groups excluding carboxylic acids is 1. The molecule has 1 aliphatic heterocycles. The molecule has 31 heavy (non-hydrogen) atoms. The fourth-order valence-electron chi connectivity index (χ4n) is 8.38. The highest BCUT2D eigenvalue weighted by Crippen LogP contribution is 2.66. The highest BCUT2D eigenvalue weighted by molar-refractivity contribution is 5.80. The van der Waals surface area contributed by atoms with Crippen molar-refractivity contribution in [2.24, 2.45) is 40.4 Å². The Balaban J connectivity index is 1.34. The Hall–Kier alpha value is -1.14. The van der Waals surface area contributed by atoms with Crippen LogP contribution in [0.4, 0.5) is 0 Å². The fraction of sp³-hybridized carbons (Fsp3) is 0.920. The second-order valence-corrected chi connectivity index (χ2v) is 11.5. The van der Waals surface area contributed by atoms with Gasteiger partial charge in [0.15, 0.2) is 0 Å². The van der Waals surface area contributed by atoms with Gasteiger partial charge in [0, 0.05) is 6.42 Å². The van der Waals surface area contributed by atoms with Gasteiger partial charge < -0.3 is 20.8 Å². The van der Waals surface area contributed by atoms with Crippen molar-refractivity contribution >= 4 is 11.9 Å². The summed E-state index contributed by atoms with van der Waals surface area (Å²) >= 11 is 0. The van der Waals surface area contributed by atoms with Crippen molar-refractivity contribution in [2.45, 2.75) is 84.2 Å². The summed E-state index contributed by atoms with van der Waals surface area (Å²) < 4.78 is 0. The number of aliphatic hydroxyl groups is 1. The summed E-state index contributed by atoms with van der Waals surface area (Å²) in [4.78, 5) is 22.3. The van der Waals surface area contributed by atoms with Gasteiger partial charge in [-0.25, -0.2) is 0 Å². The molecule has 1 saturated heterocycles. The Morgan fingerprint density at radius 2 is 1.84 bits per heavy atom. The molecule has 6 nitrogen and oxygen atoms in total. The van der Waals surface area contributed by atoms with Crippen molar-refractivity contribution in [2.75, 3.05) is 19.6 Å². The van der Waals surface area contributed by atoms with Crippen molar-refractivity contribution in [1.82, 2.24) is 10.6 Å². The summed E-state index contributed by atoms with van der Waals surface area (Å²) in [5, 5.41) is 25.9. The minimum atomic E-state index is -0.997. The molecule has 0 aromatic heterocycles. The third kappa shape index (κ3) is 4.27. The Labute approximate surface area is 186 Å². The zero-order chi connectivity index (χ0) is 22.2. The average Bonchev–Trinajstić information content (AvgIpc) is 3.06. The molecule has 0 aromatic rings. The predicted octanol–water partition coefficient (Wildman–Crippen LogP) is 3.19. The quantitative estimate of drug-likeness (QED) is 0.461. The maximum Gasteiger partial charge on any atom is 0.322 e. The number of fused-ring (bicyclic) bond motifs is 5. The van der Waals surface area contributed by atoms with Crippen molar-refractivity contribution in [1.29, 1.82) is 0 Å². The molecular weight excluding hydrogens is 392 g/mol. The first-order valence-electron chi connectivity index (χ1n) is 12.6. The summed E-state index contributed by atoms with van der Waals surface area (Å²) in [5.41, 5.74) is 0.710. The number of hydrogen-bond donors (Lipinski definition) is 4. The largest absolute Gasteiger partial charge is 0.480 e. The number of rotatable bonds is 7. The zero-order valence-corrected chi connectivity index (χ0v) is 19.4. The minimum Gasteiger partial charge on any atom is -0.480 e. The van der Waals surface area contributed by atoms with E-state index in [4.69, 9.17) is 5.11 Å². The van der Waals surface area contributed by atoms with Gasteiger partial charge in [-0.05, 0) is 105 Å². The number of carboxylic acids is 1. The molecule has 7 unspecified atom stereocenters. The van der Waals surface area contributed by atoms with Gasteiger partial charge in [0.25, 0.3) is 0 Å². The van der Waals surface area contributed by atoms with E-state index in [0.29, 0.717) is 46.8 Å². The molecule has 0 bridgehead atoms. The van der Waals surface area contributed by atoms with E-state index in [1.807, 2.05) is 0 Å². The van der Waals surface area contributed by atoms with Gasteiger partial charge in [0.1, 0.15) is 6.54 Å². The highest BCUT2D eigenvalue weighted by Gasteiger charge is 2.61. The molecule has 0 aromatic carbocycles. The number of aliphatic hydroxyl groups excluding tert-OH is 1. The van der Waals surface area contributed by atoms with Gasteiger partial charge in [0.2, 0.25) is 5.91 Å². The van der Waals surface area contributed by atoms with E-state index in [1.54, 1.807) is 0 Å². The van der Waals surface area contributed by atoms with E-state index in [-0.39, 0.29) is 18.6 Å². The number of carboxylic acid groups (broad SMARTS) is 1. The molecule has 0 radical (unpaired) electrons. The standard InChI is InChI=1S/C25H42N2O4/c1-24-10-9-19-23(20(28)13-17-14-26-12-11-25(17,19)2)18(24)8-7-16(24)5-3-4-6-21(29)27-15-22(30)31/h16-20,23,26,28H,3-15H2,1-2H3,(H,27,29)(H,30,31)/t16?,17?,18?,19?,20?,23?,24?,25-/m0/s1. The summed E-state index contributed by atoms with van der Waals surface area (Å²) in [7, 11) is 0. The number of hydrogen-bond acceptors (Lipinski definition) is 4. The Kier molecular flexibility index (Phi) is 6.69. The number of nitrogens with one attached hydrogen (secondary N) is 2. The van der Waals surface area contributed by atoms with E-state index in [9.17, 15) is 14.7 Å². The van der Waals surface area contributed by atoms with Crippen LogP contribution in [0.5, 0.6) is 0 Å². The molecule has 6 heteroatoms. The monoisotopic (exact) mass is 434 g/mol. The highest BCUT2D eigenvalue weighted by atomic mass is 16.4. The maximum atomic E-state index is 11.8. The lowest BCUT2D eigenvalue weighted by molar-refractivity contribution is -0.159. The van der Waals surface area contributed by atoms with Gasteiger partial charge in [0.05, 0.1) is 6.10 Å². The van der Waals surface area contributed by atoms with Crippen molar-refractivity contribution < 1.29 is 19.8 Å². The third-order valence-electron chi connectivity index (χ3n) is 10.2. The molecule has 4 aliphatic rings. The summed E-state index contributed by atoms with van der Waals surface area (Å²) in [5.74, 6) is 1.91. The van der Waals surface area contributed by atoms with Gasteiger partial charge in [-0.2, -0.15) is 0 Å². The van der Waals surface area contributed by atoms with Crippen molar-refractivity contribution in [3.63, 3.8) is 0 Å². The normalized spacial score (nSPS) is 44.1. The minimum absolute atomic E-state index is 0.149. The van der Waals surface area contributed by atoms with Gasteiger partial charge >= 0.3 is 5.97 Å². The first-order valence-corrected chi connectivity index (χ1v) is 12.6. The van der Waals surface area contributed by atoms with Crippen LogP contribution in [-0.2, 0) is 9.59 Å². The number of carbonyl (C=O) groups is 2. The van der Waals surface area contributed by atoms with Crippen LogP contribution in [-0.4, -0.2) is 47.8 Å². The molecule has 176 valence electrons. The fourth-order valence-corrected chi connectivity index (χ4v) is 8.38. The first kappa shape index (κ1) is 23.0. The van der Waals surface area contributed by atoms with Crippen molar-refractivity contribution in [3.05, 3.63) is 0 Å². The summed E-state index contributed by atoms with van der Waals surface area (Å²) in [6.07, 6.45) is 10.5. The van der Waals surface area contributed by atoms with Crippen LogP contribution in [0.1, 0.15) is 78.1 Å². The molecule has 1 heterocycles. The number of piperidine rings is 1. The smallest absolute Gasteiger partial charge is 0.322 e. The van der Waals surface area contributed by atoms with E-state index in [2.05, 4.69) is 24.5 Å². The van der Waals surface area contributed by atoms with Crippen LogP contribution in [0, 0.1) is 40.4 Å². The van der Waals surface area contributed by atoms with Crippen LogP contribution >= 0.6 is 0 Å². The molecule has 0 spiro atoms. The molecule has 8 atom stereocenters. The van der Waals surface area contributed by atoms with Gasteiger partial charge in [-0.15, -0.1) is 0 Å². The first-order chi connectivity index (χ1) is 14.8. The van der Waals surface area contributed by atoms with Gasteiger partial charge in [-0.1, -0.05) is 20.3 Å². The topological polar surface area (TPSA) is 98.7 Å². The molecule has 4 fully saturated rings. The predicted molar refractivity (Wildman–Crippen MR) is 119 cm³/mol. The summed E-state index contributed by atoms with van der Waals surface area (Å²) in [6.45, 7) is 6.92. The SMILES string of the molecule is CC12CCC3C(C(O)CC4CNCC[C@@]43C)C1CCC2CCCCC(=O)NCC(=O)O. The molecular formula is C25H42N2O4. The van der Waals surface area contributed by atoms with Crippen LogP contribution < -0.4 is 10.6 Å². The number of unbranched alkanes of at least 4 members (excludes halogenated alkanes) is 1. The maximum absolute atomic E-state index is 11.8. The lowest BCUT2D eigenvalue weighted by atomic mass is 9.45. The van der Waals surface area contributed by atoms with Crippen molar-refractivity contribution in [3.8, 4) is 0 Å². The zero-order valence-electron chi connectivity index (χ0n) is 19.4. The lowest BCUT2D eigenvalue weighted by Crippen LogP contribution is -2.60. The second kappa shape index (κ2) is 9.01. The number of aliphatic carboxylic acids is 1. The molecule has 4 rings (SSSR count).